The summed E-state index contributed by atoms with van der Waals surface area (Å²) < 4.78 is 11.1. The Bertz CT molecular complexity index is 386. The number of ether oxygens (including phenoxy) is 2. The summed E-state index contributed by atoms with van der Waals surface area (Å²) in [5, 5.41) is 0. The number of hydrogen-bond acceptors (Lipinski definition) is 3. The highest BCUT2D eigenvalue weighted by atomic mass is 35.5. The monoisotopic (exact) mass is 283 g/mol. The zero-order valence-corrected chi connectivity index (χ0v) is 12.2. The summed E-state index contributed by atoms with van der Waals surface area (Å²) >= 11 is 5.58. The highest BCUT2D eigenvalue weighted by Gasteiger charge is 2.21. The van der Waals surface area contributed by atoms with Gasteiger partial charge in [0.1, 0.15) is 5.75 Å². The van der Waals surface area contributed by atoms with Crippen LogP contribution in [-0.4, -0.2) is 50.7 Å². The predicted molar refractivity (Wildman–Crippen MR) is 78.3 cm³/mol. The molecule has 0 saturated carbocycles. The van der Waals surface area contributed by atoms with Gasteiger partial charge in [-0.25, -0.2) is 0 Å². The Labute approximate surface area is 120 Å². The zero-order chi connectivity index (χ0) is 13.5. The van der Waals surface area contributed by atoms with Crippen molar-refractivity contribution < 1.29 is 9.47 Å². The largest absolute Gasteiger partial charge is 0.493 e. The quantitative estimate of drug-likeness (QED) is 0.567. The molecule has 106 valence electrons. The van der Waals surface area contributed by atoms with E-state index in [0.29, 0.717) is 18.4 Å². The number of likely N-dealkylation sites (N-methyl/N-ethyl adjacent to an activating group) is 1. The van der Waals surface area contributed by atoms with E-state index in [0.717, 1.165) is 38.5 Å². The van der Waals surface area contributed by atoms with Crippen molar-refractivity contribution in [3.63, 3.8) is 0 Å². The van der Waals surface area contributed by atoms with Crippen molar-refractivity contribution in [1.82, 2.24) is 4.90 Å². The van der Waals surface area contributed by atoms with Gasteiger partial charge in [-0.05, 0) is 25.1 Å². The molecule has 1 aliphatic heterocycles. The number of para-hydroxylation sites is 1. The zero-order valence-electron chi connectivity index (χ0n) is 11.5. The van der Waals surface area contributed by atoms with E-state index in [-0.39, 0.29) is 0 Å². The van der Waals surface area contributed by atoms with Crippen molar-refractivity contribution in [3.05, 3.63) is 29.8 Å². The molecule has 0 N–H and O–H groups in total. The first-order chi connectivity index (χ1) is 9.31. The Morgan fingerprint density at radius 2 is 2.21 bits per heavy atom. The Morgan fingerprint density at radius 1 is 1.37 bits per heavy atom. The lowest BCUT2D eigenvalue weighted by Gasteiger charge is -2.29. The van der Waals surface area contributed by atoms with Crippen LogP contribution in [0.1, 0.15) is 17.9 Å². The minimum absolute atomic E-state index is 0.558. The number of fused-ring (bicyclic) bond motifs is 1. The highest BCUT2D eigenvalue weighted by Crippen LogP contribution is 2.33. The number of hydrogen-bond donors (Lipinski definition) is 0. The van der Waals surface area contributed by atoms with Gasteiger partial charge in [-0.3, -0.25) is 0 Å². The van der Waals surface area contributed by atoms with Crippen LogP contribution in [0, 0.1) is 0 Å². The van der Waals surface area contributed by atoms with E-state index in [1.807, 2.05) is 6.07 Å². The average molecular weight is 284 g/mol. The van der Waals surface area contributed by atoms with Crippen LogP contribution in [0.5, 0.6) is 5.75 Å². The fourth-order valence-corrected chi connectivity index (χ4v) is 2.56. The molecule has 1 aromatic carbocycles. The van der Waals surface area contributed by atoms with E-state index in [1.165, 1.54) is 5.56 Å². The Hall–Kier alpha value is -0.770. The average Bonchev–Trinajstić information content (AvgIpc) is 2.44. The Kier molecular flexibility index (Phi) is 5.95. The second-order valence-corrected chi connectivity index (χ2v) is 5.31. The van der Waals surface area contributed by atoms with Gasteiger partial charge in [0.2, 0.25) is 0 Å². The maximum Gasteiger partial charge on any atom is 0.122 e. The van der Waals surface area contributed by atoms with E-state index >= 15 is 0 Å². The molecule has 0 fully saturated rings. The lowest BCUT2D eigenvalue weighted by Crippen LogP contribution is -2.30. The summed E-state index contributed by atoms with van der Waals surface area (Å²) in [6.07, 6.45) is 1.09. The summed E-state index contributed by atoms with van der Waals surface area (Å²) in [7, 11) is 2.14. The molecule has 3 nitrogen and oxygen atoms in total. The van der Waals surface area contributed by atoms with Gasteiger partial charge in [-0.1, -0.05) is 18.2 Å². The summed E-state index contributed by atoms with van der Waals surface area (Å²) in [6.45, 7) is 4.18. The van der Waals surface area contributed by atoms with Gasteiger partial charge in [-0.2, -0.15) is 0 Å². The lowest BCUT2D eigenvalue weighted by atomic mass is 9.93. The molecule has 0 amide bonds. The number of alkyl halides is 1. The minimum Gasteiger partial charge on any atom is -0.493 e. The van der Waals surface area contributed by atoms with E-state index < -0.39 is 0 Å². The maximum absolute atomic E-state index is 5.69. The normalized spacial score (nSPS) is 18.2. The maximum atomic E-state index is 5.69. The van der Waals surface area contributed by atoms with Crippen LogP contribution >= 0.6 is 11.6 Å². The second kappa shape index (κ2) is 7.73. The molecule has 1 heterocycles. The topological polar surface area (TPSA) is 21.7 Å². The molecular formula is C15H22ClNO2. The first-order valence-corrected chi connectivity index (χ1v) is 7.38. The van der Waals surface area contributed by atoms with Crippen molar-refractivity contribution >= 4 is 11.6 Å². The standard InChI is InChI=1S/C15H22ClNO2/c1-17(8-11-18-10-7-16)12-13-6-9-19-15-5-3-2-4-14(13)15/h2-5,13H,6-12H2,1H3. The van der Waals surface area contributed by atoms with Crippen LogP contribution < -0.4 is 4.74 Å². The van der Waals surface area contributed by atoms with Crippen molar-refractivity contribution in [1.29, 1.82) is 0 Å². The molecule has 1 atom stereocenters. The van der Waals surface area contributed by atoms with E-state index in [4.69, 9.17) is 21.1 Å². The fraction of sp³-hybridized carbons (Fsp3) is 0.600. The lowest BCUT2D eigenvalue weighted by molar-refractivity contribution is 0.119. The van der Waals surface area contributed by atoms with Crippen LogP contribution in [0.15, 0.2) is 24.3 Å². The van der Waals surface area contributed by atoms with Gasteiger partial charge in [0.25, 0.3) is 0 Å². The highest BCUT2D eigenvalue weighted by molar-refractivity contribution is 6.17. The molecule has 19 heavy (non-hydrogen) atoms. The third-order valence-corrected chi connectivity index (χ3v) is 3.61. The fourth-order valence-electron chi connectivity index (χ4n) is 2.45. The van der Waals surface area contributed by atoms with Crippen molar-refractivity contribution in [2.45, 2.75) is 12.3 Å². The third kappa shape index (κ3) is 4.37. The van der Waals surface area contributed by atoms with Gasteiger partial charge in [-0.15, -0.1) is 11.6 Å². The van der Waals surface area contributed by atoms with Gasteiger partial charge < -0.3 is 14.4 Å². The van der Waals surface area contributed by atoms with Gasteiger partial charge in [0, 0.05) is 24.9 Å². The molecule has 4 heteroatoms. The molecule has 1 aliphatic rings. The van der Waals surface area contributed by atoms with Gasteiger partial charge in [0.15, 0.2) is 0 Å². The molecule has 0 aromatic heterocycles. The molecular weight excluding hydrogens is 262 g/mol. The molecule has 0 spiro atoms. The number of benzene rings is 1. The van der Waals surface area contributed by atoms with E-state index in [1.54, 1.807) is 0 Å². The number of halogens is 1. The van der Waals surface area contributed by atoms with Crippen LogP contribution in [0.4, 0.5) is 0 Å². The molecule has 0 radical (unpaired) electrons. The van der Waals surface area contributed by atoms with Crippen LogP contribution in [0.3, 0.4) is 0 Å². The second-order valence-electron chi connectivity index (χ2n) is 4.94. The summed E-state index contributed by atoms with van der Waals surface area (Å²) in [6, 6.07) is 8.36. The molecule has 1 unspecified atom stereocenters. The first-order valence-electron chi connectivity index (χ1n) is 6.85. The molecule has 0 aliphatic carbocycles. The number of rotatable bonds is 7. The van der Waals surface area contributed by atoms with Gasteiger partial charge in [0.05, 0.1) is 19.8 Å². The van der Waals surface area contributed by atoms with Crippen LogP contribution in [-0.2, 0) is 4.74 Å². The smallest absolute Gasteiger partial charge is 0.122 e. The first kappa shape index (κ1) is 14.6. The molecule has 2 rings (SSSR count). The summed E-state index contributed by atoms with van der Waals surface area (Å²) in [5.41, 5.74) is 1.34. The SMILES string of the molecule is CN(CCOCCCl)CC1CCOc2ccccc21. The third-order valence-electron chi connectivity index (χ3n) is 3.45. The van der Waals surface area contributed by atoms with Crippen molar-refractivity contribution in [3.8, 4) is 5.75 Å². The van der Waals surface area contributed by atoms with E-state index in [9.17, 15) is 0 Å². The molecule has 0 saturated heterocycles. The van der Waals surface area contributed by atoms with E-state index in [2.05, 4.69) is 30.1 Å². The van der Waals surface area contributed by atoms with Crippen LogP contribution in [0.25, 0.3) is 0 Å². The van der Waals surface area contributed by atoms with Crippen molar-refractivity contribution in [2.75, 3.05) is 45.8 Å². The summed E-state index contributed by atoms with van der Waals surface area (Å²) in [4.78, 5) is 2.32. The van der Waals surface area contributed by atoms with Gasteiger partial charge >= 0.3 is 0 Å². The Balaban J connectivity index is 1.83. The molecule has 0 bridgehead atoms. The van der Waals surface area contributed by atoms with Crippen LogP contribution in [0.2, 0.25) is 0 Å². The Morgan fingerprint density at radius 3 is 3.05 bits per heavy atom. The summed E-state index contributed by atoms with van der Waals surface area (Å²) in [5.74, 6) is 2.17. The molecule has 1 aromatic rings. The number of nitrogens with zero attached hydrogens (tertiary/aromatic N) is 1. The van der Waals surface area contributed by atoms with Crippen molar-refractivity contribution in [2.24, 2.45) is 0 Å². The predicted octanol–water partition coefficient (Wildman–Crippen LogP) is 2.74. The minimum atomic E-state index is 0.558.